The summed E-state index contributed by atoms with van der Waals surface area (Å²) in [6.07, 6.45) is 0.00766. The minimum absolute atomic E-state index is 0.0702. The monoisotopic (exact) mass is 533 g/mol. The van der Waals surface area contributed by atoms with Crippen LogP contribution in [0.25, 0.3) is 21.1 Å². The van der Waals surface area contributed by atoms with E-state index in [4.69, 9.17) is 0 Å². The Kier molecular flexibility index (Phi) is 7.83. The Bertz CT molecular complexity index is 1560. The van der Waals surface area contributed by atoms with E-state index in [0.29, 0.717) is 17.0 Å². The lowest BCUT2D eigenvalue weighted by Crippen LogP contribution is -2.48. The van der Waals surface area contributed by atoms with Crippen molar-refractivity contribution >= 4 is 38.4 Å². The summed E-state index contributed by atoms with van der Waals surface area (Å²) in [5.41, 5.74) is 3.66. The number of carbonyl (C=O) groups excluding carboxylic acids is 1. The highest BCUT2D eigenvalue weighted by Gasteiger charge is 2.24. The van der Waals surface area contributed by atoms with Gasteiger partial charge in [0.1, 0.15) is 16.5 Å². The van der Waals surface area contributed by atoms with Crippen LogP contribution in [0.3, 0.4) is 0 Å². The number of fused-ring (bicyclic) bond motifs is 3. The van der Waals surface area contributed by atoms with Gasteiger partial charge in [0.25, 0.3) is 5.91 Å². The molecule has 0 aliphatic rings. The Morgan fingerprint density at radius 2 is 1.71 bits per heavy atom. The van der Waals surface area contributed by atoms with Crippen molar-refractivity contribution in [2.24, 2.45) is 0 Å². The topological polar surface area (TPSA) is 77.2 Å². The van der Waals surface area contributed by atoms with Crippen molar-refractivity contribution in [3.8, 4) is 0 Å². The molecule has 0 unspecified atom stereocenters. The van der Waals surface area contributed by atoms with E-state index in [-0.39, 0.29) is 18.9 Å². The fraction of sp³-hybridized carbons (Fsp3) is 0.233. The third-order valence-electron chi connectivity index (χ3n) is 6.66. The Hall–Kier alpha value is -3.59. The number of H-pyrrole nitrogens is 1. The van der Waals surface area contributed by atoms with Gasteiger partial charge in [-0.3, -0.25) is 4.79 Å². The Morgan fingerprint density at radius 1 is 0.947 bits per heavy atom. The van der Waals surface area contributed by atoms with Crippen molar-refractivity contribution in [3.63, 3.8) is 0 Å². The van der Waals surface area contributed by atoms with Gasteiger partial charge >= 0.3 is 0 Å². The molecule has 2 atom stereocenters. The highest BCUT2D eigenvalue weighted by molar-refractivity contribution is 7.20. The molecule has 3 aromatic carbocycles. The first-order chi connectivity index (χ1) is 18.4. The van der Waals surface area contributed by atoms with E-state index in [1.807, 2.05) is 42.5 Å². The van der Waals surface area contributed by atoms with E-state index < -0.39 is 23.8 Å². The van der Waals surface area contributed by atoms with Gasteiger partial charge in [-0.15, -0.1) is 11.3 Å². The number of nitrogens with one attached hydrogen (secondary N) is 3. The standard InChI is InChI=1S/C30H29F2N3O2S/c1-2-18-6-5-7-19(10-18)16-33-17-27(36)26(13-20-11-21(31)14-22(32)12-20)34-29(37)28-15-24-23-8-3-4-9-25(23)35-30(24)38-28/h3-12,14-15,26-27,33,35-36H,2,13,16-17H2,1H3,(H,34,37)/t26-,27-/m0/s1. The van der Waals surface area contributed by atoms with Gasteiger partial charge < -0.3 is 20.7 Å². The molecule has 0 aliphatic heterocycles. The maximum atomic E-state index is 13.9. The lowest BCUT2D eigenvalue weighted by molar-refractivity contribution is 0.0833. The van der Waals surface area contributed by atoms with E-state index in [2.05, 4.69) is 34.7 Å². The number of carbonyl (C=O) groups is 1. The van der Waals surface area contributed by atoms with Crippen LogP contribution in [-0.4, -0.2) is 34.7 Å². The van der Waals surface area contributed by atoms with Crippen molar-refractivity contribution in [1.82, 2.24) is 15.6 Å². The zero-order valence-electron chi connectivity index (χ0n) is 20.9. The van der Waals surface area contributed by atoms with Crippen LogP contribution < -0.4 is 10.6 Å². The summed E-state index contributed by atoms with van der Waals surface area (Å²) in [6, 6.07) is 20.4. The van der Waals surface area contributed by atoms with Crippen LogP contribution in [0.5, 0.6) is 0 Å². The molecule has 5 rings (SSSR count). The average Bonchev–Trinajstić information content (AvgIpc) is 3.46. The minimum atomic E-state index is -0.995. The van der Waals surface area contributed by atoms with Gasteiger partial charge in [-0.25, -0.2) is 8.78 Å². The van der Waals surface area contributed by atoms with E-state index in [1.54, 1.807) is 0 Å². The number of amides is 1. The van der Waals surface area contributed by atoms with Crippen molar-refractivity contribution in [1.29, 1.82) is 0 Å². The number of aliphatic hydroxyl groups excluding tert-OH is 1. The minimum Gasteiger partial charge on any atom is -0.390 e. The SMILES string of the molecule is CCc1cccc(CNC[C@H](O)[C@H](Cc2cc(F)cc(F)c2)NC(=O)c2cc3c([nH]c4ccccc43)s2)c1. The Balaban J connectivity index is 1.32. The number of hydrogen-bond donors (Lipinski definition) is 4. The van der Waals surface area contributed by atoms with Crippen LogP contribution in [0.15, 0.2) is 72.8 Å². The molecule has 1 amide bonds. The number of thiophene rings is 1. The first-order valence-corrected chi connectivity index (χ1v) is 13.4. The molecule has 5 nitrogen and oxygen atoms in total. The van der Waals surface area contributed by atoms with Crippen LogP contribution in [0.4, 0.5) is 8.78 Å². The van der Waals surface area contributed by atoms with E-state index >= 15 is 0 Å². The molecule has 0 fully saturated rings. The molecule has 0 spiro atoms. The number of aryl methyl sites for hydroxylation is 1. The molecule has 5 aromatic rings. The maximum absolute atomic E-state index is 13.9. The van der Waals surface area contributed by atoms with Crippen LogP contribution in [0.2, 0.25) is 0 Å². The number of aromatic nitrogens is 1. The van der Waals surface area contributed by atoms with Crippen molar-refractivity contribution in [3.05, 3.63) is 106 Å². The average molecular weight is 534 g/mol. The van der Waals surface area contributed by atoms with Gasteiger partial charge in [-0.1, -0.05) is 49.4 Å². The smallest absolute Gasteiger partial charge is 0.261 e. The van der Waals surface area contributed by atoms with E-state index in [1.165, 1.54) is 29.0 Å². The number of benzene rings is 3. The zero-order valence-corrected chi connectivity index (χ0v) is 21.7. The normalized spacial score (nSPS) is 13.2. The molecule has 0 aliphatic carbocycles. The second-order valence-corrected chi connectivity index (χ2v) is 10.5. The summed E-state index contributed by atoms with van der Waals surface area (Å²) in [4.78, 5) is 18.0. The molecule has 2 heterocycles. The maximum Gasteiger partial charge on any atom is 0.261 e. The molecule has 196 valence electrons. The van der Waals surface area contributed by atoms with Gasteiger partial charge in [0, 0.05) is 35.4 Å². The molecule has 0 bridgehead atoms. The quantitative estimate of drug-likeness (QED) is 0.186. The second-order valence-electron chi connectivity index (χ2n) is 9.46. The number of aliphatic hydroxyl groups is 1. The molecular formula is C30H29F2N3O2S. The third kappa shape index (κ3) is 5.93. The van der Waals surface area contributed by atoms with Crippen LogP contribution in [0.1, 0.15) is 33.3 Å². The lowest BCUT2D eigenvalue weighted by Gasteiger charge is -2.25. The summed E-state index contributed by atoms with van der Waals surface area (Å²) in [5, 5.41) is 19.2. The van der Waals surface area contributed by atoms with E-state index in [0.717, 1.165) is 39.2 Å². The molecular weight excluding hydrogens is 504 g/mol. The number of para-hydroxylation sites is 1. The number of hydrogen-bond acceptors (Lipinski definition) is 4. The van der Waals surface area contributed by atoms with Gasteiger partial charge in [0.15, 0.2) is 0 Å². The van der Waals surface area contributed by atoms with Crippen molar-refractivity contribution in [2.75, 3.05) is 6.54 Å². The van der Waals surface area contributed by atoms with Gasteiger partial charge in [-0.2, -0.15) is 0 Å². The summed E-state index contributed by atoms with van der Waals surface area (Å²) >= 11 is 1.33. The first kappa shape index (κ1) is 26.0. The lowest BCUT2D eigenvalue weighted by atomic mass is 10.0. The fourth-order valence-corrected chi connectivity index (χ4v) is 5.70. The molecule has 0 saturated carbocycles. The highest BCUT2D eigenvalue weighted by Crippen LogP contribution is 2.32. The summed E-state index contributed by atoms with van der Waals surface area (Å²) in [6.45, 7) is 2.83. The predicted molar refractivity (Wildman–Crippen MR) is 149 cm³/mol. The van der Waals surface area contributed by atoms with Crippen molar-refractivity contribution < 1.29 is 18.7 Å². The fourth-order valence-electron chi connectivity index (χ4n) is 4.72. The second kappa shape index (κ2) is 11.4. The van der Waals surface area contributed by atoms with Crippen molar-refractivity contribution in [2.45, 2.75) is 38.5 Å². The first-order valence-electron chi connectivity index (χ1n) is 12.6. The molecule has 0 radical (unpaired) electrons. The van der Waals surface area contributed by atoms with Gasteiger partial charge in [-0.05, 0) is 53.8 Å². The molecule has 0 saturated heterocycles. The van der Waals surface area contributed by atoms with Crippen LogP contribution >= 0.6 is 11.3 Å². The predicted octanol–water partition coefficient (Wildman–Crippen LogP) is 5.72. The highest BCUT2D eigenvalue weighted by atomic mass is 32.1. The Labute approximate surface area is 223 Å². The zero-order chi connectivity index (χ0) is 26.6. The number of rotatable bonds is 10. The van der Waals surface area contributed by atoms with Crippen LogP contribution in [-0.2, 0) is 19.4 Å². The third-order valence-corrected chi connectivity index (χ3v) is 7.71. The van der Waals surface area contributed by atoms with Gasteiger partial charge in [0.05, 0.1) is 17.0 Å². The molecule has 8 heteroatoms. The summed E-state index contributed by atoms with van der Waals surface area (Å²) in [5.74, 6) is -1.75. The molecule has 38 heavy (non-hydrogen) atoms. The summed E-state index contributed by atoms with van der Waals surface area (Å²) in [7, 11) is 0. The molecule has 2 aromatic heterocycles. The number of aromatic amines is 1. The Morgan fingerprint density at radius 3 is 2.50 bits per heavy atom. The van der Waals surface area contributed by atoms with Crippen LogP contribution in [0, 0.1) is 11.6 Å². The molecule has 4 N–H and O–H groups in total. The summed E-state index contributed by atoms with van der Waals surface area (Å²) < 4.78 is 27.7. The largest absolute Gasteiger partial charge is 0.390 e. The van der Waals surface area contributed by atoms with Gasteiger partial charge in [0.2, 0.25) is 0 Å². The van der Waals surface area contributed by atoms with E-state index in [9.17, 15) is 18.7 Å². The number of halogens is 2.